The summed E-state index contributed by atoms with van der Waals surface area (Å²) in [5, 5.41) is 6.33. The van der Waals surface area contributed by atoms with Crippen LogP contribution in [0.1, 0.15) is 20.9 Å². The molecule has 1 heterocycles. The van der Waals surface area contributed by atoms with Crippen LogP contribution in [0.5, 0.6) is 0 Å². The maximum Gasteiger partial charge on any atom is 0.259 e. The number of aromatic nitrogens is 1. The van der Waals surface area contributed by atoms with Crippen molar-refractivity contribution in [1.82, 2.24) is 4.98 Å². The number of carbonyl (C=O) groups is 1. The van der Waals surface area contributed by atoms with E-state index in [0.29, 0.717) is 16.4 Å². The van der Waals surface area contributed by atoms with Gasteiger partial charge in [-0.15, -0.1) is 11.3 Å². The number of amides is 1. The largest absolute Gasteiger partial charge is 0.398 e. The summed E-state index contributed by atoms with van der Waals surface area (Å²) in [6.07, 6.45) is 0. The van der Waals surface area contributed by atoms with Gasteiger partial charge in [0.05, 0.1) is 11.3 Å². The maximum atomic E-state index is 12.1. The van der Waals surface area contributed by atoms with Crippen molar-refractivity contribution < 1.29 is 4.79 Å². The molecule has 0 atom stereocenters. The molecule has 1 aromatic heterocycles. The van der Waals surface area contributed by atoms with Crippen LogP contribution in [0.15, 0.2) is 18.2 Å². The van der Waals surface area contributed by atoms with Crippen molar-refractivity contribution in [2.24, 2.45) is 0 Å². The Kier molecular flexibility index (Phi) is 3.71. The van der Waals surface area contributed by atoms with Crippen molar-refractivity contribution in [2.45, 2.75) is 13.8 Å². The van der Waals surface area contributed by atoms with E-state index in [1.54, 1.807) is 19.2 Å². The van der Waals surface area contributed by atoms with E-state index in [1.165, 1.54) is 11.3 Å². The normalized spacial score (nSPS) is 10.3. The van der Waals surface area contributed by atoms with Gasteiger partial charge >= 0.3 is 0 Å². The van der Waals surface area contributed by atoms with Crippen LogP contribution < -0.4 is 16.4 Å². The van der Waals surface area contributed by atoms with Gasteiger partial charge in [0, 0.05) is 23.3 Å². The minimum absolute atomic E-state index is 0.242. The minimum Gasteiger partial charge on any atom is -0.398 e. The monoisotopic (exact) mass is 276 g/mol. The molecule has 2 aromatic rings. The number of rotatable bonds is 3. The Bertz CT molecular complexity index is 602. The molecule has 0 radical (unpaired) electrons. The molecular formula is C13H16N4OS. The smallest absolute Gasteiger partial charge is 0.259 e. The summed E-state index contributed by atoms with van der Waals surface area (Å²) in [6, 6.07) is 5.24. The molecule has 0 fully saturated rings. The van der Waals surface area contributed by atoms with Crippen molar-refractivity contribution in [1.29, 1.82) is 0 Å². The molecule has 19 heavy (non-hydrogen) atoms. The van der Waals surface area contributed by atoms with E-state index < -0.39 is 0 Å². The third kappa shape index (κ3) is 2.85. The lowest BCUT2D eigenvalue weighted by Crippen LogP contribution is -2.14. The molecule has 0 bridgehead atoms. The van der Waals surface area contributed by atoms with Crippen LogP contribution in [0, 0.1) is 13.8 Å². The number of aryl methyl sites for hydroxylation is 2. The van der Waals surface area contributed by atoms with E-state index in [1.807, 2.05) is 19.9 Å². The number of nitrogens with one attached hydrogen (secondary N) is 2. The Morgan fingerprint density at radius 2 is 2.11 bits per heavy atom. The van der Waals surface area contributed by atoms with Crippen LogP contribution in [0.4, 0.5) is 16.5 Å². The highest BCUT2D eigenvalue weighted by Crippen LogP contribution is 2.23. The van der Waals surface area contributed by atoms with Crippen LogP contribution in [0.3, 0.4) is 0 Å². The predicted molar refractivity (Wildman–Crippen MR) is 79.9 cm³/mol. The first kappa shape index (κ1) is 13.4. The average molecular weight is 276 g/mol. The molecule has 6 heteroatoms. The topological polar surface area (TPSA) is 80.0 Å². The molecule has 4 N–H and O–H groups in total. The number of hydrogen-bond donors (Lipinski definition) is 3. The summed E-state index contributed by atoms with van der Waals surface area (Å²) in [5.41, 5.74) is 8.56. The van der Waals surface area contributed by atoms with Gasteiger partial charge < -0.3 is 11.1 Å². The molecule has 0 unspecified atom stereocenters. The lowest BCUT2D eigenvalue weighted by Gasteiger charge is -2.07. The van der Waals surface area contributed by atoms with Crippen LogP contribution >= 0.6 is 11.3 Å². The Hall–Kier alpha value is -2.08. The van der Waals surface area contributed by atoms with Gasteiger partial charge in [0.15, 0.2) is 5.13 Å². The first-order valence-corrected chi connectivity index (χ1v) is 6.65. The molecule has 0 aliphatic heterocycles. The number of hydrogen-bond acceptors (Lipinski definition) is 5. The Morgan fingerprint density at radius 1 is 1.37 bits per heavy atom. The van der Waals surface area contributed by atoms with E-state index in [-0.39, 0.29) is 5.91 Å². The van der Waals surface area contributed by atoms with Crippen molar-refractivity contribution in [2.75, 3.05) is 23.4 Å². The Balaban J connectivity index is 2.20. The highest BCUT2D eigenvalue weighted by molar-refractivity contribution is 7.15. The van der Waals surface area contributed by atoms with Gasteiger partial charge in [0.1, 0.15) is 0 Å². The zero-order chi connectivity index (χ0) is 14.0. The lowest BCUT2D eigenvalue weighted by molar-refractivity contribution is 0.102. The van der Waals surface area contributed by atoms with Crippen molar-refractivity contribution in [3.8, 4) is 0 Å². The van der Waals surface area contributed by atoms with E-state index in [2.05, 4.69) is 15.6 Å². The number of nitrogen functional groups attached to an aromatic ring is 1. The summed E-state index contributed by atoms with van der Waals surface area (Å²) in [6.45, 7) is 3.89. The Morgan fingerprint density at radius 3 is 2.63 bits per heavy atom. The molecule has 0 aliphatic carbocycles. The number of carbonyl (C=O) groups excluding carboxylic acids is 1. The SMILES string of the molecule is CNc1ccc(C(=O)Nc2nc(C)c(C)s2)c(N)c1. The number of benzene rings is 1. The third-order valence-corrected chi connectivity index (χ3v) is 3.82. The predicted octanol–water partition coefficient (Wildman–Crippen LogP) is 2.64. The average Bonchev–Trinajstić information content (AvgIpc) is 2.67. The van der Waals surface area contributed by atoms with Gasteiger partial charge in [-0.3, -0.25) is 10.1 Å². The quantitative estimate of drug-likeness (QED) is 0.753. The Labute approximate surface area is 115 Å². The number of thiazole rings is 1. The van der Waals surface area contributed by atoms with Gasteiger partial charge in [-0.25, -0.2) is 4.98 Å². The molecule has 1 aromatic carbocycles. The number of anilines is 3. The number of nitrogens with two attached hydrogens (primary N) is 1. The summed E-state index contributed by atoms with van der Waals surface area (Å²) in [4.78, 5) is 17.5. The van der Waals surface area contributed by atoms with Gasteiger partial charge in [-0.05, 0) is 32.0 Å². The third-order valence-electron chi connectivity index (χ3n) is 2.83. The highest BCUT2D eigenvalue weighted by atomic mass is 32.1. The van der Waals surface area contributed by atoms with Crippen LogP contribution in [0.2, 0.25) is 0 Å². The molecule has 2 rings (SSSR count). The zero-order valence-electron chi connectivity index (χ0n) is 11.1. The van der Waals surface area contributed by atoms with Gasteiger partial charge in [-0.2, -0.15) is 0 Å². The first-order valence-electron chi connectivity index (χ1n) is 5.84. The zero-order valence-corrected chi connectivity index (χ0v) is 11.9. The molecule has 100 valence electrons. The molecule has 0 aliphatic rings. The second-order valence-corrected chi connectivity index (χ2v) is 5.37. The maximum absolute atomic E-state index is 12.1. The lowest BCUT2D eigenvalue weighted by atomic mass is 10.1. The summed E-state index contributed by atoms with van der Waals surface area (Å²) in [7, 11) is 1.80. The summed E-state index contributed by atoms with van der Waals surface area (Å²) in [5.74, 6) is -0.242. The molecular weight excluding hydrogens is 260 g/mol. The highest BCUT2D eigenvalue weighted by Gasteiger charge is 2.13. The molecule has 5 nitrogen and oxygen atoms in total. The van der Waals surface area contributed by atoms with E-state index >= 15 is 0 Å². The molecule has 0 saturated carbocycles. The summed E-state index contributed by atoms with van der Waals surface area (Å²) >= 11 is 1.45. The fraction of sp³-hybridized carbons (Fsp3) is 0.231. The fourth-order valence-electron chi connectivity index (χ4n) is 1.62. The second-order valence-electron chi connectivity index (χ2n) is 4.17. The fourth-order valence-corrected chi connectivity index (χ4v) is 2.43. The van der Waals surface area contributed by atoms with Gasteiger partial charge in [-0.1, -0.05) is 0 Å². The molecule has 1 amide bonds. The van der Waals surface area contributed by atoms with Crippen molar-refractivity contribution in [3.63, 3.8) is 0 Å². The molecule has 0 saturated heterocycles. The van der Waals surface area contributed by atoms with Crippen LogP contribution in [0.25, 0.3) is 0 Å². The van der Waals surface area contributed by atoms with Gasteiger partial charge in [0.2, 0.25) is 0 Å². The summed E-state index contributed by atoms with van der Waals surface area (Å²) < 4.78 is 0. The van der Waals surface area contributed by atoms with Crippen molar-refractivity contribution in [3.05, 3.63) is 34.3 Å². The number of nitrogens with zero attached hydrogens (tertiary/aromatic N) is 1. The van der Waals surface area contributed by atoms with Crippen LogP contribution in [-0.2, 0) is 0 Å². The first-order chi connectivity index (χ1) is 9.01. The standard InChI is InChI=1S/C13H16N4OS/c1-7-8(2)19-13(16-7)17-12(18)10-5-4-9(15-3)6-11(10)14/h4-6,15H,14H2,1-3H3,(H,16,17,18). The second kappa shape index (κ2) is 5.27. The van der Waals surface area contributed by atoms with E-state index in [4.69, 9.17) is 5.73 Å². The van der Waals surface area contributed by atoms with Crippen LogP contribution in [-0.4, -0.2) is 17.9 Å². The van der Waals surface area contributed by atoms with Gasteiger partial charge in [0.25, 0.3) is 5.91 Å². The van der Waals surface area contributed by atoms with Crippen molar-refractivity contribution >= 4 is 33.8 Å². The van der Waals surface area contributed by atoms with E-state index in [9.17, 15) is 4.79 Å². The van der Waals surface area contributed by atoms with E-state index in [0.717, 1.165) is 16.3 Å². The minimum atomic E-state index is -0.242. The molecule has 0 spiro atoms.